The number of ether oxygens (including phenoxy) is 1. The molecule has 1 amide bonds. The summed E-state index contributed by atoms with van der Waals surface area (Å²) in [6.45, 7) is 0. The lowest BCUT2D eigenvalue weighted by atomic mass is 10.1. The standard InChI is InChI=1S/C12H15NO2/c1-13(2)12(14)15-11-7-6-9-4-3-5-10(9)8-11/h6-8H,3-5H2,1-2H3. The fourth-order valence-corrected chi connectivity index (χ4v) is 1.80. The Morgan fingerprint density at radius 2 is 2.00 bits per heavy atom. The first-order valence-corrected chi connectivity index (χ1v) is 5.18. The van der Waals surface area contributed by atoms with E-state index in [0.717, 1.165) is 12.8 Å². The van der Waals surface area contributed by atoms with E-state index in [1.807, 2.05) is 12.1 Å². The normalized spacial score (nSPS) is 13.5. The first-order valence-electron chi connectivity index (χ1n) is 5.18. The Hall–Kier alpha value is -1.51. The number of rotatable bonds is 1. The molecule has 0 heterocycles. The number of nitrogens with zero attached hydrogens (tertiary/aromatic N) is 1. The summed E-state index contributed by atoms with van der Waals surface area (Å²) in [6.07, 6.45) is 3.13. The summed E-state index contributed by atoms with van der Waals surface area (Å²) in [6, 6.07) is 5.90. The number of carbonyl (C=O) groups is 1. The molecule has 1 aliphatic rings. The third-order valence-corrected chi connectivity index (χ3v) is 2.64. The molecule has 2 rings (SSSR count). The summed E-state index contributed by atoms with van der Waals surface area (Å²) in [5.74, 6) is 0.648. The van der Waals surface area contributed by atoms with Crippen LogP contribution in [0.3, 0.4) is 0 Å². The SMILES string of the molecule is CN(C)C(=O)Oc1ccc2c(c1)CCC2. The van der Waals surface area contributed by atoms with Crippen molar-refractivity contribution in [3.05, 3.63) is 29.3 Å². The van der Waals surface area contributed by atoms with Crippen LogP contribution < -0.4 is 4.74 Å². The van der Waals surface area contributed by atoms with Gasteiger partial charge in [0.25, 0.3) is 0 Å². The third-order valence-electron chi connectivity index (χ3n) is 2.64. The molecule has 0 aliphatic heterocycles. The number of carbonyl (C=O) groups excluding carboxylic acids is 1. The maximum atomic E-state index is 11.3. The summed E-state index contributed by atoms with van der Waals surface area (Å²) < 4.78 is 5.19. The fraction of sp³-hybridized carbons (Fsp3) is 0.417. The Labute approximate surface area is 89.7 Å². The summed E-state index contributed by atoms with van der Waals surface area (Å²) in [7, 11) is 3.35. The van der Waals surface area contributed by atoms with Gasteiger partial charge in [0.05, 0.1) is 0 Å². The van der Waals surface area contributed by atoms with E-state index < -0.39 is 0 Å². The molecule has 0 unspecified atom stereocenters. The third kappa shape index (κ3) is 2.12. The fourth-order valence-electron chi connectivity index (χ4n) is 1.80. The van der Waals surface area contributed by atoms with Gasteiger partial charge >= 0.3 is 6.09 Å². The molecule has 0 radical (unpaired) electrons. The van der Waals surface area contributed by atoms with Gasteiger partial charge in [0, 0.05) is 14.1 Å². The van der Waals surface area contributed by atoms with Gasteiger partial charge in [0.1, 0.15) is 5.75 Å². The zero-order chi connectivity index (χ0) is 10.8. The van der Waals surface area contributed by atoms with Crippen LogP contribution in [0.4, 0.5) is 4.79 Å². The highest BCUT2D eigenvalue weighted by Gasteiger charge is 2.13. The molecule has 3 heteroatoms. The lowest BCUT2D eigenvalue weighted by molar-refractivity contribution is 0.172. The summed E-state index contributed by atoms with van der Waals surface area (Å²) in [4.78, 5) is 12.7. The highest BCUT2D eigenvalue weighted by molar-refractivity contribution is 5.70. The second kappa shape index (κ2) is 3.93. The molecule has 0 N–H and O–H groups in total. The van der Waals surface area contributed by atoms with E-state index in [9.17, 15) is 4.79 Å². The number of hydrogen-bond donors (Lipinski definition) is 0. The Kier molecular flexibility index (Phi) is 2.62. The second-order valence-corrected chi connectivity index (χ2v) is 4.05. The number of aryl methyl sites for hydroxylation is 2. The van der Waals surface area contributed by atoms with Gasteiger partial charge in [-0.2, -0.15) is 0 Å². The molecular weight excluding hydrogens is 190 g/mol. The topological polar surface area (TPSA) is 29.5 Å². The largest absolute Gasteiger partial charge is 0.414 e. The monoisotopic (exact) mass is 205 g/mol. The smallest absolute Gasteiger partial charge is 0.410 e. The van der Waals surface area contributed by atoms with E-state index in [1.165, 1.54) is 22.4 Å². The van der Waals surface area contributed by atoms with Gasteiger partial charge in [0.2, 0.25) is 0 Å². The molecule has 3 nitrogen and oxygen atoms in total. The van der Waals surface area contributed by atoms with Crippen LogP contribution in [0.2, 0.25) is 0 Å². The van der Waals surface area contributed by atoms with Gasteiger partial charge < -0.3 is 9.64 Å². The van der Waals surface area contributed by atoms with Gasteiger partial charge in [-0.25, -0.2) is 4.79 Å². The zero-order valence-electron chi connectivity index (χ0n) is 9.12. The van der Waals surface area contributed by atoms with Crippen molar-refractivity contribution < 1.29 is 9.53 Å². The van der Waals surface area contributed by atoms with E-state index in [1.54, 1.807) is 14.1 Å². The van der Waals surface area contributed by atoms with Gasteiger partial charge in [-0.15, -0.1) is 0 Å². The van der Waals surface area contributed by atoms with Crippen molar-refractivity contribution in [2.24, 2.45) is 0 Å². The molecule has 1 aromatic carbocycles. The van der Waals surface area contributed by atoms with Crippen LogP contribution in [-0.4, -0.2) is 25.1 Å². The minimum Gasteiger partial charge on any atom is -0.410 e. The average molecular weight is 205 g/mol. The number of benzene rings is 1. The number of fused-ring (bicyclic) bond motifs is 1. The first kappa shape index (κ1) is 10.0. The number of hydrogen-bond acceptors (Lipinski definition) is 2. The van der Waals surface area contributed by atoms with Crippen molar-refractivity contribution in [3.63, 3.8) is 0 Å². The molecule has 0 saturated carbocycles. The van der Waals surface area contributed by atoms with Gasteiger partial charge in [-0.3, -0.25) is 0 Å². The molecule has 0 atom stereocenters. The minimum absolute atomic E-state index is 0.326. The van der Waals surface area contributed by atoms with Crippen molar-refractivity contribution in [2.45, 2.75) is 19.3 Å². The van der Waals surface area contributed by atoms with E-state index in [0.29, 0.717) is 5.75 Å². The maximum absolute atomic E-state index is 11.3. The van der Waals surface area contributed by atoms with Crippen molar-refractivity contribution in [1.29, 1.82) is 0 Å². The molecule has 0 fully saturated rings. The predicted octanol–water partition coefficient (Wildman–Crippen LogP) is 2.24. The highest BCUT2D eigenvalue weighted by Crippen LogP contribution is 2.26. The van der Waals surface area contributed by atoms with Crippen molar-refractivity contribution in [3.8, 4) is 5.75 Å². The molecular formula is C12H15NO2. The van der Waals surface area contributed by atoms with Crippen LogP contribution in [0.15, 0.2) is 18.2 Å². The quantitative estimate of drug-likeness (QED) is 0.703. The molecule has 1 aromatic rings. The van der Waals surface area contributed by atoms with Gasteiger partial charge in [-0.05, 0) is 42.5 Å². The molecule has 0 bridgehead atoms. The molecule has 0 aromatic heterocycles. The van der Waals surface area contributed by atoms with E-state index >= 15 is 0 Å². The number of amides is 1. The van der Waals surface area contributed by atoms with Crippen molar-refractivity contribution >= 4 is 6.09 Å². The van der Waals surface area contributed by atoms with Crippen LogP contribution in [0.25, 0.3) is 0 Å². The Balaban J connectivity index is 2.13. The van der Waals surface area contributed by atoms with Crippen LogP contribution in [0.5, 0.6) is 5.75 Å². The van der Waals surface area contributed by atoms with E-state index in [-0.39, 0.29) is 6.09 Å². The van der Waals surface area contributed by atoms with Gasteiger partial charge in [-0.1, -0.05) is 6.07 Å². The van der Waals surface area contributed by atoms with Crippen LogP contribution in [0, 0.1) is 0 Å². The summed E-state index contributed by atoms with van der Waals surface area (Å²) in [5, 5.41) is 0. The molecule has 0 saturated heterocycles. The lowest BCUT2D eigenvalue weighted by Crippen LogP contribution is -2.25. The van der Waals surface area contributed by atoms with Crippen LogP contribution in [0.1, 0.15) is 17.5 Å². The van der Waals surface area contributed by atoms with Crippen LogP contribution >= 0.6 is 0 Å². The van der Waals surface area contributed by atoms with E-state index in [2.05, 4.69) is 6.07 Å². The van der Waals surface area contributed by atoms with Crippen molar-refractivity contribution in [1.82, 2.24) is 4.90 Å². The lowest BCUT2D eigenvalue weighted by Gasteiger charge is -2.11. The second-order valence-electron chi connectivity index (χ2n) is 4.05. The molecule has 0 spiro atoms. The molecule has 15 heavy (non-hydrogen) atoms. The Bertz CT molecular complexity index is 385. The average Bonchev–Trinajstić information content (AvgIpc) is 2.64. The summed E-state index contributed by atoms with van der Waals surface area (Å²) in [5.41, 5.74) is 2.71. The Morgan fingerprint density at radius 3 is 2.73 bits per heavy atom. The highest BCUT2D eigenvalue weighted by atomic mass is 16.6. The van der Waals surface area contributed by atoms with Gasteiger partial charge in [0.15, 0.2) is 0 Å². The first-order chi connectivity index (χ1) is 7.16. The van der Waals surface area contributed by atoms with Crippen molar-refractivity contribution in [2.75, 3.05) is 14.1 Å². The molecule has 1 aliphatic carbocycles. The Morgan fingerprint density at radius 1 is 1.27 bits per heavy atom. The van der Waals surface area contributed by atoms with Crippen LogP contribution in [-0.2, 0) is 12.8 Å². The van der Waals surface area contributed by atoms with E-state index in [4.69, 9.17) is 4.74 Å². The predicted molar refractivity (Wildman–Crippen MR) is 58.2 cm³/mol. The molecule has 80 valence electrons. The summed E-state index contributed by atoms with van der Waals surface area (Å²) >= 11 is 0. The zero-order valence-corrected chi connectivity index (χ0v) is 9.12. The maximum Gasteiger partial charge on any atom is 0.414 e. The minimum atomic E-state index is -0.326.